The third-order valence-corrected chi connectivity index (χ3v) is 4.39. The molecule has 0 aliphatic carbocycles. The molecule has 0 saturated carbocycles. The first-order chi connectivity index (χ1) is 11.0. The molecule has 1 fully saturated rings. The van der Waals surface area contributed by atoms with Crippen molar-refractivity contribution in [2.24, 2.45) is 5.41 Å². The van der Waals surface area contributed by atoms with Crippen molar-refractivity contribution in [3.05, 3.63) is 28.4 Å². The number of piperidine rings is 1. The van der Waals surface area contributed by atoms with Crippen molar-refractivity contribution >= 4 is 5.91 Å². The minimum Gasteiger partial charge on any atom is -0.396 e. The fourth-order valence-corrected chi connectivity index (χ4v) is 3.03. The van der Waals surface area contributed by atoms with Gasteiger partial charge in [-0.3, -0.25) is 14.6 Å². The number of hydrogen-bond acceptors (Lipinski definition) is 6. The summed E-state index contributed by atoms with van der Waals surface area (Å²) in [5.74, 6) is -0.355. The molecule has 0 unspecified atom stereocenters. The molecular weight excluding hydrogens is 302 g/mol. The van der Waals surface area contributed by atoms with Gasteiger partial charge in [-0.05, 0) is 19.3 Å². The number of nitrogens with one attached hydrogen (secondary N) is 1. The van der Waals surface area contributed by atoms with Crippen LogP contribution in [0.1, 0.15) is 29.8 Å². The number of amides is 1. The van der Waals surface area contributed by atoms with Crippen LogP contribution in [0.5, 0.6) is 0 Å². The van der Waals surface area contributed by atoms with Crippen molar-refractivity contribution in [2.75, 3.05) is 33.4 Å². The van der Waals surface area contributed by atoms with Crippen LogP contribution in [0.25, 0.3) is 0 Å². The van der Waals surface area contributed by atoms with Crippen LogP contribution >= 0.6 is 0 Å². The van der Waals surface area contributed by atoms with Crippen LogP contribution in [0, 0.1) is 5.41 Å². The molecule has 128 valence electrons. The van der Waals surface area contributed by atoms with Crippen LogP contribution in [-0.4, -0.2) is 70.5 Å². The van der Waals surface area contributed by atoms with Crippen LogP contribution in [-0.2, 0) is 4.74 Å². The monoisotopic (exact) mass is 325 g/mol. The molecule has 1 aliphatic rings. The van der Waals surface area contributed by atoms with Gasteiger partial charge in [0.25, 0.3) is 11.5 Å². The molecule has 2 rings (SSSR count). The summed E-state index contributed by atoms with van der Waals surface area (Å²) in [6.45, 7) is 0.899. The summed E-state index contributed by atoms with van der Waals surface area (Å²) in [6.07, 6.45) is 3.33. The van der Waals surface area contributed by atoms with Gasteiger partial charge in [0.15, 0.2) is 0 Å². The lowest BCUT2D eigenvalue weighted by Crippen LogP contribution is -2.55. The highest BCUT2D eigenvalue weighted by Gasteiger charge is 2.43. The normalized spacial score (nSPS) is 24.7. The van der Waals surface area contributed by atoms with Crippen molar-refractivity contribution in [3.63, 3.8) is 0 Å². The number of carbonyl (C=O) groups is 1. The van der Waals surface area contributed by atoms with Crippen molar-refractivity contribution in [1.82, 2.24) is 14.9 Å². The van der Waals surface area contributed by atoms with E-state index in [1.165, 1.54) is 6.20 Å². The van der Waals surface area contributed by atoms with Gasteiger partial charge in [0.1, 0.15) is 5.69 Å². The molecule has 1 aliphatic heterocycles. The van der Waals surface area contributed by atoms with Crippen LogP contribution in [0.15, 0.2) is 17.2 Å². The van der Waals surface area contributed by atoms with Gasteiger partial charge in [-0.15, -0.1) is 0 Å². The van der Waals surface area contributed by atoms with E-state index in [-0.39, 0.29) is 24.8 Å². The molecule has 8 nitrogen and oxygen atoms in total. The number of methoxy groups -OCH3 is 1. The summed E-state index contributed by atoms with van der Waals surface area (Å²) >= 11 is 0. The predicted molar refractivity (Wildman–Crippen MR) is 82.0 cm³/mol. The highest BCUT2D eigenvalue weighted by Crippen LogP contribution is 2.35. The summed E-state index contributed by atoms with van der Waals surface area (Å²) in [7, 11) is 1.59. The van der Waals surface area contributed by atoms with Gasteiger partial charge in [0.2, 0.25) is 0 Å². The zero-order valence-corrected chi connectivity index (χ0v) is 13.2. The molecule has 1 aromatic heterocycles. The van der Waals surface area contributed by atoms with Gasteiger partial charge < -0.3 is 24.8 Å². The average Bonchev–Trinajstić information content (AvgIpc) is 2.56. The summed E-state index contributed by atoms with van der Waals surface area (Å²) in [5.41, 5.74) is -1.10. The van der Waals surface area contributed by atoms with E-state index < -0.39 is 17.1 Å². The fourth-order valence-electron chi connectivity index (χ4n) is 3.03. The first kappa shape index (κ1) is 17.6. The average molecular weight is 325 g/mol. The number of likely N-dealkylation sites (tertiary alicyclic amines) is 1. The predicted octanol–water partition coefficient (Wildman–Crippen LogP) is -0.618. The first-order valence-corrected chi connectivity index (χ1v) is 7.64. The molecule has 0 bridgehead atoms. The van der Waals surface area contributed by atoms with Gasteiger partial charge in [0.05, 0.1) is 25.1 Å². The van der Waals surface area contributed by atoms with E-state index >= 15 is 0 Å². The van der Waals surface area contributed by atoms with E-state index in [1.807, 2.05) is 0 Å². The van der Waals surface area contributed by atoms with Crippen molar-refractivity contribution in [2.45, 2.75) is 25.4 Å². The maximum absolute atomic E-state index is 12.5. The summed E-state index contributed by atoms with van der Waals surface area (Å²) in [5, 5.41) is 20.1. The number of nitrogens with zero attached hydrogens (tertiary/aromatic N) is 2. The zero-order chi connectivity index (χ0) is 16.9. The van der Waals surface area contributed by atoms with Gasteiger partial charge in [0, 0.05) is 32.2 Å². The largest absolute Gasteiger partial charge is 0.396 e. The Hall–Kier alpha value is -1.77. The Bertz CT molecular complexity index is 590. The number of aliphatic hydroxyl groups is 2. The minimum absolute atomic E-state index is 0.109. The van der Waals surface area contributed by atoms with Crippen LogP contribution in [0.4, 0.5) is 0 Å². The molecular formula is C15H23N3O5. The molecule has 8 heteroatoms. The van der Waals surface area contributed by atoms with Crippen molar-refractivity contribution in [3.8, 4) is 0 Å². The van der Waals surface area contributed by atoms with E-state index in [1.54, 1.807) is 12.0 Å². The van der Waals surface area contributed by atoms with Crippen LogP contribution in [0.2, 0.25) is 0 Å². The van der Waals surface area contributed by atoms with E-state index in [2.05, 4.69) is 9.97 Å². The molecule has 0 aromatic carbocycles. The molecule has 3 N–H and O–H groups in total. The quantitative estimate of drug-likeness (QED) is 0.601. The first-order valence-electron chi connectivity index (χ1n) is 7.64. The van der Waals surface area contributed by atoms with Gasteiger partial charge in [-0.25, -0.2) is 0 Å². The Labute approximate surface area is 134 Å². The third-order valence-electron chi connectivity index (χ3n) is 4.39. The molecule has 1 amide bonds. The molecule has 23 heavy (non-hydrogen) atoms. The van der Waals surface area contributed by atoms with E-state index in [0.29, 0.717) is 32.4 Å². The lowest BCUT2D eigenvalue weighted by Gasteiger charge is -2.45. The maximum atomic E-state index is 12.5. The summed E-state index contributed by atoms with van der Waals surface area (Å²) in [4.78, 5) is 31.6. The van der Waals surface area contributed by atoms with Gasteiger partial charge in [-0.1, -0.05) is 0 Å². The maximum Gasteiger partial charge on any atom is 0.272 e. The summed E-state index contributed by atoms with van der Waals surface area (Å²) < 4.78 is 5.02. The van der Waals surface area contributed by atoms with E-state index in [4.69, 9.17) is 4.74 Å². The number of aromatic nitrogens is 2. The van der Waals surface area contributed by atoms with Gasteiger partial charge >= 0.3 is 0 Å². The highest BCUT2D eigenvalue weighted by atomic mass is 16.5. The second kappa shape index (κ2) is 7.67. The van der Waals surface area contributed by atoms with Crippen molar-refractivity contribution < 1.29 is 19.7 Å². The molecule has 0 spiro atoms. The smallest absolute Gasteiger partial charge is 0.272 e. The molecule has 2 heterocycles. The molecule has 1 saturated heterocycles. The second-order valence-corrected chi connectivity index (χ2v) is 5.96. The number of carbonyl (C=O) groups excluding carboxylic acids is 1. The summed E-state index contributed by atoms with van der Waals surface area (Å²) in [6, 6.07) is 0. The lowest BCUT2D eigenvalue weighted by atomic mass is 9.74. The standard InChI is InChI=1S/C15H23N3O5/c1-23-6-2-4-15(10-19)9-18(5-3-12(15)20)14(22)11-7-16-8-13(21)17-11/h7-8,12,19-20H,2-6,9-10H2,1H3,(H,17,21)/t12-,15+/m1/s1. The Kier molecular flexibility index (Phi) is 5.86. The number of hydrogen-bond donors (Lipinski definition) is 3. The number of ether oxygens (including phenoxy) is 1. The van der Waals surface area contributed by atoms with E-state index in [9.17, 15) is 19.8 Å². The number of rotatable bonds is 6. The fraction of sp³-hybridized carbons (Fsp3) is 0.667. The SMILES string of the molecule is COCCC[C@@]1(CO)CN(C(=O)c2cncc(=O)[nH]2)CC[C@H]1O. The lowest BCUT2D eigenvalue weighted by molar-refractivity contribution is -0.0746. The molecule has 2 atom stereocenters. The zero-order valence-electron chi connectivity index (χ0n) is 13.2. The van der Waals surface area contributed by atoms with E-state index in [0.717, 1.165) is 6.20 Å². The van der Waals surface area contributed by atoms with Crippen LogP contribution < -0.4 is 5.56 Å². The molecule has 1 aromatic rings. The van der Waals surface area contributed by atoms with Crippen LogP contribution in [0.3, 0.4) is 0 Å². The minimum atomic E-state index is -0.769. The Morgan fingerprint density at radius 3 is 3.00 bits per heavy atom. The Balaban J connectivity index is 2.14. The Morgan fingerprint density at radius 2 is 2.35 bits per heavy atom. The topological polar surface area (TPSA) is 116 Å². The van der Waals surface area contributed by atoms with Crippen molar-refractivity contribution in [1.29, 1.82) is 0 Å². The number of aromatic amines is 1. The molecule has 0 radical (unpaired) electrons. The number of aliphatic hydroxyl groups excluding tert-OH is 2. The highest BCUT2D eigenvalue weighted by molar-refractivity contribution is 5.92. The third kappa shape index (κ3) is 3.95. The second-order valence-electron chi connectivity index (χ2n) is 5.96. The Morgan fingerprint density at radius 1 is 1.57 bits per heavy atom. The number of H-pyrrole nitrogens is 1. The van der Waals surface area contributed by atoms with Gasteiger partial charge in [-0.2, -0.15) is 0 Å².